The number of rotatable bonds is 5. The highest BCUT2D eigenvalue weighted by Crippen LogP contribution is 2.35. The van der Waals surface area contributed by atoms with Crippen LogP contribution in [0.5, 0.6) is 5.75 Å². The van der Waals surface area contributed by atoms with Gasteiger partial charge in [0.2, 0.25) is 0 Å². The van der Waals surface area contributed by atoms with Crippen LogP contribution >= 0.6 is 15.9 Å². The summed E-state index contributed by atoms with van der Waals surface area (Å²) in [4.78, 5) is 14.2. The summed E-state index contributed by atoms with van der Waals surface area (Å²) in [7, 11) is 3.43. The molecule has 0 aromatic heterocycles. The van der Waals surface area contributed by atoms with Gasteiger partial charge in [-0.3, -0.25) is 4.79 Å². The zero-order chi connectivity index (χ0) is 14.0. The van der Waals surface area contributed by atoms with E-state index in [4.69, 9.17) is 10.5 Å². The lowest BCUT2D eigenvalue weighted by molar-refractivity contribution is 0.0718. The highest BCUT2D eigenvalue weighted by atomic mass is 79.9. The molecule has 1 aromatic carbocycles. The molecule has 1 aliphatic rings. The molecule has 0 aliphatic heterocycles. The SMILES string of the molecule is COc1ccc(C(=O)N(C)C(CN)C2CC2)cc1Br. The van der Waals surface area contributed by atoms with Crippen LogP contribution in [0.1, 0.15) is 23.2 Å². The molecule has 0 heterocycles. The van der Waals surface area contributed by atoms with Crippen molar-refractivity contribution in [2.24, 2.45) is 11.7 Å². The van der Waals surface area contributed by atoms with E-state index in [1.807, 2.05) is 7.05 Å². The zero-order valence-corrected chi connectivity index (χ0v) is 12.8. The van der Waals surface area contributed by atoms with Gasteiger partial charge in [0.25, 0.3) is 5.91 Å². The monoisotopic (exact) mass is 326 g/mol. The van der Waals surface area contributed by atoms with Crippen molar-refractivity contribution in [1.82, 2.24) is 4.90 Å². The second kappa shape index (κ2) is 5.92. The Morgan fingerprint density at radius 1 is 1.58 bits per heavy atom. The summed E-state index contributed by atoms with van der Waals surface area (Å²) in [6.45, 7) is 0.518. The third-order valence-corrected chi connectivity index (χ3v) is 4.24. The van der Waals surface area contributed by atoms with Gasteiger partial charge in [-0.05, 0) is 52.9 Å². The summed E-state index contributed by atoms with van der Waals surface area (Å²) >= 11 is 3.40. The van der Waals surface area contributed by atoms with Crippen LogP contribution in [-0.4, -0.2) is 37.6 Å². The molecule has 1 amide bonds. The number of carbonyl (C=O) groups is 1. The van der Waals surface area contributed by atoms with Gasteiger partial charge < -0.3 is 15.4 Å². The summed E-state index contributed by atoms with van der Waals surface area (Å²) < 4.78 is 5.95. The highest BCUT2D eigenvalue weighted by Gasteiger charge is 2.35. The largest absolute Gasteiger partial charge is 0.496 e. The molecule has 0 bridgehead atoms. The van der Waals surface area contributed by atoms with Crippen molar-refractivity contribution in [3.8, 4) is 5.75 Å². The number of methoxy groups -OCH3 is 1. The Balaban J connectivity index is 2.16. The molecule has 2 rings (SSSR count). The maximum atomic E-state index is 12.4. The van der Waals surface area contributed by atoms with Gasteiger partial charge in [0, 0.05) is 25.2 Å². The number of hydrogen-bond donors (Lipinski definition) is 1. The minimum Gasteiger partial charge on any atom is -0.496 e. The van der Waals surface area contributed by atoms with Crippen molar-refractivity contribution in [2.45, 2.75) is 18.9 Å². The zero-order valence-electron chi connectivity index (χ0n) is 11.2. The maximum absolute atomic E-state index is 12.4. The van der Waals surface area contributed by atoms with E-state index in [-0.39, 0.29) is 11.9 Å². The Kier molecular flexibility index (Phi) is 4.47. The normalized spacial score (nSPS) is 16.0. The van der Waals surface area contributed by atoms with Gasteiger partial charge in [-0.15, -0.1) is 0 Å². The molecule has 0 saturated heterocycles. The number of nitrogens with zero attached hydrogens (tertiary/aromatic N) is 1. The Labute approximate surface area is 122 Å². The van der Waals surface area contributed by atoms with E-state index in [1.165, 1.54) is 12.8 Å². The van der Waals surface area contributed by atoms with Gasteiger partial charge in [0.05, 0.1) is 11.6 Å². The molecule has 1 fully saturated rings. The van der Waals surface area contributed by atoms with Crippen LogP contribution < -0.4 is 10.5 Å². The van der Waals surface area contributed by atoms with Crippen molar-refractivity contribution >= 4 is 21.8 Å². The lowest BCUT2D eigenvalue weighted by Crippen LogP contribution is -2.43. The first-order valence-corrected chi connectivity index (χ1v) is 7.18. The van der Waals surface area contributed by atoms with Crippen LogP contribution in [0.2, 0.25) is 0 Å². The first-order valence-electron chi connectivity index (χ1n) is 6.39. The van der Waals surface area contributed by atoms with E-state index < -0.39 is 0 Å². The number of ether oxygens (including phenoxy) is 1. The number of likely N-dealkylation sites (N-methyl/N-ethyl adjacent to an activating group) is 1. The number of nitrogens with two attached hydrogens (primary N) is 1. The lowest BCUT2D eigenvalue weighted by atomic mass is 10.1. The number of halogens is 1. The fourth-order valence-corrected chi connectivity index (χ4v) is 2.84. The molecule has 1 unspecified atom stereocenters. The third-order valence-electron chi connectivity index (χ3n) is 3.62. The minimum absolute atomic E-state index is 0.00528. The average Bonchev–Trinajstić information content (AvgIpc) is 3.23. The predicted molar refractivity (Wildman–Crippen MR) is 78.4 cm³/mol. The van der Waals surface area contributed by atoms with Crippen molar-refractivity contribution in [1.29, 1.82) is 0 Å². The Morgan fingerprint density at radius 3 is 2.74 bits per heavy atom. The molecule has 1 saturated carbocycles. The second-order valence-electron chi connectivity index (χ2n) is 4.91. The molecule has 5 heteroatoms. The summed E-state index contributed by atoms with van der Waals surface area (Å²) in [6, 6.07) is 5.51. The Bertz CT molecular complexity index is 475. The molecule has 104 valence electrons. The fraction of sp³-hybridized carbons (Fsp3) is 0.500. The van der Waals surface area contributed by atoms with Crippen molar-refractivity contribution in [3.63, 3.8) is 0 Å². The molecule has 1 aromatic rings. The first kappa shape index (κ1) is 14.3. The lowest BCUT2D eigenvalue weighted by Gasteiger charge is -2.27. The van der Waals surface area contributed by atoms with E-state index in [0.717, 1.165) is 10.2 Å². The molecule has 4 nitrogen and oxygen atoms in total. The van der Waals surface area contributed by atoms with E-state index in [9.17, 15) is 4.79 Å². The average molecular weight is 327 g/mol. The third kappa shape index (κ3) is 3.09. The summed E-state index contributed by atoms with van der Waals surface area (Å²) in [5.74, 6) is 1.29. The van der Waals surface area contributed by atoms with Crippen LogP contribution in [0.25, 0.3) is 0 Å². The molecular weight excluding hydrogens is 308 g/mol. The van der Waals surface area contributed by atoms with Gasteiger partial charge >= 0.3 is 0 Å². The molecule has 1 aliphatic carbocycles. The molecule has 2 N–H and O–H groups in total. The summed E-state index contributed by atoms with van der Waals surface area (Å²) in [5, 5.41) is 0. The van der Waals surface area contributed by atoms with Crippen molar-refractivity contribution in [3.05, 3.63) is 28.2 Å². The number of hydrogen-bond acceptors (Lipinski definition) is 3. The molecule has 0 spiro atoms. The molecular formula is C14H19BrN2O2. The van der Waals surface area contributed by atoms with Crippen LogP contribution in [0.3, 0.4) is 0 Å². The van der Waals surface area contributed by atoms with Crippen LogP contribution in [0, 0.1) is 5.92 Å². The van der Waals surface area contributed by atoms with Crippen molar-refractivity contribution < 1.29 is 9.53 Å². The highest BCUT2D eigenvalue weighted by molar-refractivity contribution is 9.10. The fourth-order valence-electron chi connectivity index (χ4n) is 2.30. The molecule has 1 atom stereocenters. The van der Waals surface area contributed by atoms with Gasteiger partial charge in [-0.1, -0.05) is 0 Å². The van der Waals surface area contributed by atoms with Gasteiger partial charge in [-0.25, -0.2) is 0 Å². The van der Waals surface area contributed by atoms with Gasteiger partial charge in [-0.2, -0.15) is 0 Å². The van der Waals surface area contributed by atoms with Gasteiger partial charge in [0.15, 0.2) is 0 Å². The number of carbonyl (C=O) groups excluding carboxylic acids is 1. The smallest absolute Gasteiger partial charge is 0.253 e. The number of benzene rings is 1. The topological polar surface area (TPSA) is 55.6 Å². The van der Waals surface area contributed by atoms with E-state index in [0.29, 0.717) is 18.0 Å². The predicted octanol–water partition coefficient (Wildman–Crippen LogP) is 2.27. The first-order chi connectivity index (χ1) is 9.08. The van der Waals surface area contributed by atoms with E-state index >= 15 is 0 Å². The molecule has 19 heavy (non-hydrogen) atoms. The van der Waals surface area contributed by atoms with Gasteiger partial charge in [0.1, 0.15) is 5.75 Å². The van der Waals surface area contributed by atoms with E-state index in [1.54, 1.807) is 30.2 Å². The molecule has 0 radical (unpaired) electrons. The quantitative estimate of drug-likeness (QED) is 0.903. The standard InChI is InChI=1S/C14H19BrN2O2/c1-17(12(8-16)9-3-4-9)14(18)10-5-6-13(19-2)11(15)7-10/h5-7,9,12H,3-4,8,16H2,1-2H3. The van der Waals surface area contributed by atoms with Crippen LogP contribution in [0.4, 0.5) is 0 Å². The maximum Gasteiger partial charge on any atom is 0.253 e. The van der Waals surface area contributed by atoms with Crippen molar-refractivity contribution in [2.75, 3.05) is 20.7 Å². The second-order valence-corrected chi connectivity index (χ2v) is 5.76. The van der Waals surface area contributed by atoms with Crippen LogP contribution in [-0.2, 0) is 0 Å². The minimum atomic E-state index is 0.00528. The van der Waals surface area contributed by atoms with E-state index in [2.05, 4.69) is 15.9 Å². The summed E-state index contributed by atoms with van der Waals surface area (Å²) in [5.41, 5.74) is 6.43. The Hall–Kier alpha value is -1.07. The summed E-state index contributed by atoms with van der Waals surface area (Å²) in [6.07, 6.45) is 2.34. The Morgan fingerprint density at radius 2 is 2.26 bits per heavy atom. The number of amides is 1. The van der Waals surface area contributed by atoms with Crippen LogP contribution in [0.15, 0.2) is 22.7 Å².